The highest BCUT2D eigenvalue weighted by atomic mass is 16.2. The van der Waals surface area contributed by atoms with Crippen LogP contribution in [0.25, 0.3) is 11.2 Å². The lowest BCUT2D eigenvalue weighted by Gasteiger charge is -1.96. The third-order valence-electron chi connectivity index (χ3n) is 2.19. The van der Waals surface area contributed by atoms with Crippen LogP contribution < -0.4 is 5.43 Å². The third kappa shape index (κ3) is 2.49. The number of amides is 1. The van der Waals surface area contributed by atoms with Gasteiger partial charge in [-0.25, -0.2) is 15.4 Å². The highest BCUT2D eigenvalue weighted by Crippen LogP contribution is 2.07. The van der Waals surface area contributed by atoms with Crippen LogP contribution in [0.1, 0.15) is 19.2 Å². The van der Waals surface area contributed by atoms with Crippen LogP contribution in [0.5, 0.6) is 0 Å². The molecule has 0 radical (unpaired) electrons. The number of nitrogens with one attached hydrogen (secondary N) is 2. The maximum absolute atomic E-state index is 11.1. The number of hydrazone groups is 1. The van der Waals surface area contributed by atoms with Gasteiger partial charge in [-0.2, -0.15) is 10.4 Å². The zero-order valence-corrected chi connectivity index (χ0v) is 9.64. The summed E-state index contributed by atoms with van der Waals surface area (Å²) in [6, 6.07) is 5.38. The van der Waals surface area contributed by atoms with Crippen molar-refractivity contribution in [3.8, 4) is 6.07 Å². The predicted octanol–water partition coefficient (Wildman–Crippen LogP) is 0.712. The highest BCUT2D eigenvalue weighted by molar-refractivity contribution is 5.98. The van der Waals surface area contributed by atoms with E-state index in [-0.39, 0.29) is 6.42 Å². The molecular weight excluding hydrogens is 232 g/mol. The summed E-state index contributed by atoms with van der Waals surface area (Å²) in [4.78, 5) is 22.4. The number of fused-ring (bicyclic) bond motifs is 1. The molecule has 18 heavy (non-hydrogen) atoms. The molecule has 0 bridgehead atoms. The fraction of sp³-hybridized carbons (Fsp3) is 0.182. The molecule has 0 saturated heterocycles. The van der Waals surface area contributed by atoms with E-state index < -0.39 is 5.91 Å². The molecule has 90 valence electrons. The highest BCUT2D eigenvalue weighted by Gasteiger charge is 2.06. The van der Waals surface area contributed by atoms with Gasteiger partial charge in [0.25, 0.3) is 5.91 Å². The number of carbonyl (C=O) groups is 1. The number of pyridine rings is 1. The van der Waals surface area contributed by atoms with Crippen molar-refractivity contribution in [3.63, 3.8) is 0 Å². The summed E-state index contributed by atoms with van der Waals surface area (Å²) in [7, 11) is 0. The summed E-state index contributed by atoms with van der Waals surface area (Å²) in [5, 5.41) is 12.2. The molecule has 2 N–H and O–H groups in total. The molecule has 2 rings (SSSR count). The van der Waals surface area contributed by atoms with Crippen LogP contribution in [0.4, 0.5) is 0 Å². The first-order chi connectivity index (χ1) is 8.70. The molecule has 0 aromatic carbocycles. The molecule has 2 aromatic rings. The Balaban J connectivity index is 2.18. The minimum atomic E-state index is -0.453. The largest absolute Gasteiger partial charge is 0.336 e. The van der Waals surface area contributed by atoms with Crippen LogP contribution in [-0.2, 0) is 4.79 Å². The minimum absolute atomic E-state index is 0.224. The van der Waals surface area contributed by atoms with Crippen molar-refractivity contribution in [2.75, 3.05) is 0 Å². The SMILES string of the molecule is C/C(=N/NC(=O)CC#N)c1nc2ncccc2[nH]1. The van der Waals surface area contributed by atoms with E-state index in [1.165, 1.54) is 0 Å². The first-order valence-corrected chi connectivity index (χ1v) is 5.22. The van der Waals surface area contributed by atoms with Gasteiger partial charge >= 0.3 is 0 Å². The van der Waals surface area contributed by atoms with E-state index in [0.717, 1.165) is 5.52 Å². The van der Waals surface area contributed by atoms with E-state index in [9.17, 15) is 4.79 Å². The van der Waals surface area contributed by atoms with Crippen molar-refractivity contribution < 1.29 is 4.79 Å². The van der Waals surface area contributed by atoms with E-state index in [2.05, 4.69) is 25.5 Å². The Morgan fingerprint density at radius 3 is 3.22 bits per heavy atom. The Hall–Kier alpha value is -2.75. The molecule has 2 aromatic heterocycles. The van der Waals surface area contributed by atoms with Gasteiger partial charge < -0.3 is 4.98 Å². The lowest BCUT2D eigenvalue weighted by atomic mass is 10.4. The molecule has 0 fully saturated rings. The number of rotatable bonds is 3. The molecule has 0 aliphatic rings. The average Bonchev–Trinajstić information content (AvgIpc) is 2.80. The van der Waals surface area contributed by atoms with Crippen LogP contribution in [0.2, 0.25) is 0 Å². The average molecular weight is 242 g/mol. The summed E-state index contributed by atoms with van der Waals surface area (Å²) in [5.74, 6) is 0.0760. The number of nitrogens with zero attached hydrogens (tertiary/aromatic N) is 4. The number of hydrogen-bond donors (Lipinski definition) is 2. The number of aromatic amines is 1. The molecule has 1 amide bonds. The number of aromatic nitrogens is 3. The van der Waals surface area contributed by atoms with Crippen molar-refractivity contribution in [3.05, 3.63) is 24.2 Å². The van der Waals surface area contributed by atoms with Gasteiger partial charge in [-0.05, 0) is 19.1 Å². The lowest BCUT2D eigenvalue weighted by molar-refractivity contribution is -0.120. The van der Waals surface area contributed by atoms with Gasteiger partial charge in [0.15, 0.2) is 11.5 Å². The van der Waals surface area contributed by atoms with E-state index >= 15 is 0 Å². The Kier molecular flexibility index (Phi) is 3.29. The number of carbonyl (C=O) groups excluding carboxylic acids is 1. The normalized spacial score (nSPS) is 11.2. The molecule has 7 nitrogen and oxygen atoms in total. The molecule has 0 unspecified atom stereocenters. The Bertz CT molecular complexity index is 618. The smallest absolute Gasteiger partial charge is 0.254 e. The molecule has 7 heteroatoms. The van der Waals surface area contributed by atoms with Crippen molar-refractivity contribution >= 4 is 22.8 Å². The first-order valence-electron chi connectivity index (χ1n) is 5.22. The molecule has 0 atom stereocenters. The first kappa shape index (κ1) is 11.7. The van der Waals surface area contributed by atoms with Crippen molar-refractivity contribution in [2.24, 2.45) is 5.10 Å². The predicted molar refractivity (Wildman–Crippen MR) is 64.5 cm³/mol. The second kappa shape index (κ2) is 5.05. The quantitative estimate of drug-likeness (QED) is 0.610. The Morgan fingerprint density at radius 2 is 2.50 bits per heavy atom. The monoisotopic (exact) mass is 242 g/mol. The molecule has 2 heterocycles. The Labute approximate surface area is 103 Å². The molecular formula is C11H10N6O. The molecule has 0 spiro atoms. The fourth-order valence-electron chi connectivity index (χ4n) is 1.33. The molecule has 0 saturated carbocycles. The number of hydrogen-bond acceptors (Lipinski definition) is 5. The van der Waals surface area contributed by atoms with Gasteiger partial charge in [-0.1, -0.05) is 0 Å². The maximum atomic E-state index is 11.1. The zero-order valence-electron chi connectivity index (χ0n) is 9.64. The third-order valence-corrected chi connectivity index (χ3v) is 2.19. The van der Waals surface area contributed by atoms with Crippen LogP contribution in [0.15, 0.2) is 23.4 Å². The van der Waals surface area contributed by atoms with Gasteiger partial charge in [-0.15, -0.1) is 0 Å². The number of nitriles is 1. The van der Waals surface area contributed by atoms with E-state index in [0.29, 0.717) is 17.2 Å². The number of imidazole rings is 1. The van der Waals surface area contributed by atoms with Gasteiger partial charge in [0.2, 0.25) is 0 Å². The van der Waals surface area contributed by atoms with Crippen LogP contribution >= 0.6 is 0 Å². The fourth-order valence-corrected chi connectivity index (χ4v) is 1.33. The van der Waals surface area contributed by atoms with Crippen molar-refractivity contribution in [1.29, 1.82) is 5.26 Å². The second-order valence-corrected chi connectivity index (χ2v) is 3.53. The maximum Gasteiger partial charge on any atom is 0.254 e. The minimum Gasteiger partial charge on any atom is -0.336 e. The van der Waals surface area contributed by atoms with Crippen LogP contribution in [0, 0.1) is 11.3 Å². The summed E-state index contributed by atoms with van der Waals surface area (Å²) < 4.78 is 0. The van der Waals surface area contributed by atoms with Gasteiger partial charge in [-0.3, -0.25) is 4.79 Å². The van der Waals surface area contributed by atoms with E-state index in [1.54, 1.807) is 25.3 Å². The standard InChI is InChI=1S/C11H10N6O/c1-7(16-17-9(18)4-5-12)10-14-8-3-2-6-13-11(8)15-10/h2-3,6H,4H2,1H3,(H,17,18)(H,13,14,15)/b16-7-. The lowest BCUT2D eigenvalue weighted by Crippen LogP contribution is -2.18. The van der Waals surface area contributed by atoms with Gasteiger partial charge in [0, 0.05) is 6.20 Å². The van der Waals surface area contributed by atoms with Crippen LogP contribution in [0.3, 0.4) is 0 Å². The van der Waals surface area contributed by atoms with Crippen molar-refractivity contribution in [1.82, 2.24) is 20.4 Å². The van der Waals surface area contributed by atoms with Crippen LogP contribution in [-0.4, -0.2) is 26.6 Å². The van der Waals surface area contributed by atoms with E-state index in [1.807, 2.05) is 6.07 Å². The molecule has 0 aliphatic carbocycles. The van der Waals surface area contributed by atoms with Gasteiger partial charge in [0.05, 0.1) is 11.6 Å². The van der Waals surface area contributed by atoms with Gasteiger partial charge in [0.1, 0.15) is 12.1 Å². The number of H-pyrrole nitrogens is 1. The topological polar surface area (TPSA) is 107 Å². The van der Waals surface area contributed by atoms with E-state index in [4.69, 9.17) is 5.26 Å². The Morgan fingerprint density at radius 1 is 1.67 bits per heavy atom. The zero-order chi connectivity index (χ0) is 13.0. The summed E-state index contributed by atoms with van der Waals surface area (Å²) in [6.45, 7) is 1.70. The second-order valence-electron chi connectivity index (χ2n) is 3.53. The summed E-state index contributed by atoms with van der Waals surface area (Å²) in [6.07, 6.45) is 1.42. The summed E-state index contributed by atoms with van der Waals surface area (Å²) in [5.41, 5.74) is 4.17. The van der Waals surface area contributed by atoms with Crippen molar-refractivity contribution in [2.45, 2.75) is 13.3 Å². The molecule has 0 aliphatic heterocycles. The summed E-state index contributed by atoms with van der Waals surface area (Å²) >= 11 is 0.